The number of nitrogens with zero attached hydrogens (tertiary/aromatic N) is 2. The molecule has 0 aliphatic heterocycles. The molecule has 0 fully saturated rings. The average Bonchev–Trinajstić information content (AvgIpc) is 3.28. The van der Waals surface area contributed by atoms with Gasteiger partial charge in [-0.1, -0.05) is 188 Å². The molecule has 0 bridgehead atoms. The summed E-state index contributed by atoms with van der Waals surface area (Å²) in [6, 6.07) is 74.2. The first-order valence-corrected chi connectivity index (χ1v) is 19.1. The number of rotatable bonds is 5. The molecule has 2 heteroatoms. The molecule has 1 aromatic heterocycles. The number of hydrogen-bond acceptors (Lipinski definition) is 2. The van der Waals surface area contributed by atoms with Gasteiger partial charge in [0, 0.05) is 16.7 Å². The third-order valence-corrected chi connectivity index (χ3v) is 11.3. The molecule has 1 heterocycles. The Morgan fingerprint density at radius 2 is 0.804 bits per heavy atom. The molecule has 11 rings (SSSR count). The van der Waals surface area contributed by atoms with Crippen molar-refractivity contribution in [2.45, 2.75) is 0 Å². The number of aromatic nitrogens is 2. The molecule has 10 aromatic carbocycles. The SMILES string of the molecule is c1ccc(-c2nc(-c3ccc(-c4ccc(-c5c6ccccc6cc6c5ccc5ccccc56)c5ccccc45)cc3)cc(-c3ccc4ccccc4c3)n2)cc1. The van der Waals surface area contributed by atoms with Crippen LogP contribution in [-0.2, 0) is 0 Å². The molecular weight excluding hydrogens is 677 g/mol. The van der Waals surface area contributed by atoms with Crippen molar-refractivity contribution in [3.63, 3.8) is 0 Å². The molecule has 0 unspecified atom stereocenters. The van der Waals surface area contributed by atoms with Crippen LogP contribution in [0.5, 0.6) is 0 Å². The summed E-state index contributed by atoms with van der Waals surface area (Å²) in [5.41, 5.74) is 9.80. The first-order valence-electron chi connectivity index (χ1n) is 19.1. The standard InChI is InChI=1S/C54H34N2/c1-2-14-39(15-3-1)54-55-51(34-52(56-54)42-27-22-35-12-4-5-16-40(35)32-42)38-25-23-37(24-26-38)44-30-31-48(47-21-11-10-20-46(44)47)53-45-19-9-7-17-41(45)33-50-43-18-8-6-13-36(43)28-29-49(50)53/h1-34H. The van der Waals surface area contributed by atoms with Crippen molar-refractivity contribution in [2.75, 3.05) is 0 Å². The Kier molecular flexibility index (Phi) is 7.53. The van der Waals surface area contributed by atoms with E-state index in [1.54, 1.807) is 0 Å². The minimum absolute atomic E-state index is 0.714. The van der Waals surface area contributed by atoms with Crippen molar-refractivity contribution in [3.05, 3.63) is 206 Å². The van der Waals surface area contributed by atoms with Crippen LogP contribution in [0.1, 0.15) is 0 Å². The fourth-order valence-electron chi connectivity index (χ4n) is 8.51. The second-order valence-electron chi connectivity index (χ2n) is 14.5. The number of hydrogen-bond donors (Lipinski definition) is 0. The predicted octanol–water partition coefficient (Wildman–Crippen LogP) is 14.6. The molecular formula is C54H34N2. The van der Waals surface area contributed by atoms with Crippen molar-refractivity contribution < 1.29 is 0 Å². The van der Waals surface area contributed by atoms with E-state index in [0.29, 0.717) is 5.82 Å². The number of fused-ring (bicyclic) bond motifs is 6. The van der Waals surface area contributed by atoms with Gasteiger partial charge in [0.25, 0.3) is 0 Å². The first kappa shape index (κ1) is 32.0. The van der Waals surface area contributed by atoms with Crippen molar-refractivity contribution in [1.82, 2.24) is 9.97 Å². The van der Waals surface area contributed by atoms with E-state index in [-0.39, 0.29) is 0 Å². The third-order valence-electron chi connectivity index (χ3n) is 11.3. The van der Waals surface area contributed by atoms with Crippen LogP contribution in [0.25, 0.3) is 110 Å². The van der Waals surface area contributed by atoms with E-state index in [2.05, 4.69) is 188 Å². The van der Waals surface area contributed by atoms with E-state index < -0.39 is 0 Å². The summed E-state index contributed by atoms with van der Waals surface area (Å²) in [6.07, 6.45) is 0. The lowest BCUT2D eigenvalue weighted by Crippen LogP contribution is -1.96. The fraction of sp³-hybridized carbons (Fsp3) is 0. The monoisotopic (exact) mass is 710 g/mol. The molecule has 0 amide bonds. The van der Waals surface area contributed by atoms with Crippen LogP contribution >= 0.6 is 0 Å². The van der Waals surface area contributed by atoms with E-state index in [1.807, 2.05) is 18.2 Å². The smallest absolute Gasteiger partial charge is 0.160 e. The zero-order chi connectivity index (χ0) is 37.0. The molecule has 0 radical (unpaired) electrons. The minimum Gasteiger partial charge on any atom is -0.228 e. The highest BCUT2D eigenvalue weighted by Crippen LogP contribution is 2.44. The summed E-state index contributed by atoms with van der Waals surface area (Å²) in [6.45, 7) is 0. The Morgan fingerprint density at radius 1 is 0.250 bits per heavy atom. The largest absolute Gasteiger partial charge is 0.228 e. The molecule has 0 saturated heterocycles. The number of benzene rings is 10. The molecule has 0 N–H and O–H groups in total. The highest BCUT2D eigenvalue weighted by molar-refractivity contribution is 6.23. The highest BCUT2D eigenvalue weighted by atomic mass is 14.9. The molecule has 0 aliphatic carbocycles. The van der Waals surface area contributed by atoms with E-state index in [1.165, 1.54) is 70.6 Å². The van der Waals surface area contributed by atoms with Crippen LogP contribution in [-0.4, -0.2) is 9.97 Å². The van der Waals surface area contributed by atoms with Gasteiger partial charge in [0.05, 0.1) is 11.4 Å². The lowest BCUT2D eigenvalue weighted by atomic mass is 9.86. The summed E-state index contributed by atoms with van der Waals surface area (Å²) >= 11 is 0. The Hall–Kier alpha value is -7.42. The molecule has 0 spiro atoms. The average molecular weight is 711 g/mol. The topological polar surface area (TPSA) is 25.8 Å². The van der Waals surface area contributed by atoms with Crippen LogP contribution in [0, 0.1) is 0 Å². The van der Waals surface area contributed by atoms with Gasteiger partial charge < -0.3 is 0 Å². The first-order chi connectivity index (χ1) is 27.7. The zero-order valence-corrected chi connectivity index (χ0v) is 30.5. The highest BCUT2D eigenvalue weighted by Gasteiger charge is 2.17. The zero-order valence-electron chi connectivity index (χ0n) is 30.5. The molecule has 56 heavy (non-hydrogen) atoms. The van der Waals surface area contributed by atoms with Crippen LogP contribution < -0.4 is 0 Å². The Morgan fingerprint density at radius 3 is 1.59 bits per heavy atom. The molecule has 0 atom stereocenters. The van der Waals surface area contributed by atoms with Gasteiger partial charge in [0.2, 0.25) is 0 Å². The van der Waals surface area contributed by atoms with Gasteiger partial charge in [0.1, 0.15) is 0 Å². The van der Waals surface area contributed by atoms with Gasteiger partial charge in [-0.3, -0.25) is 0 Å². The summed E-state index contributed by atoms with van der Waals surface area (Å²) < 4.78 is 0. The van der Waals surface area contributed by atoms with Gasteiger partial charge in [-0.25, -0.2) is 9.97 Å². The molecule has 2 nitrogen and oxygen atoms in total. The van der Waals surface area contributed by atoms with Gasteiger partial charge in [-0.15, -0.1) is 0 Å². The van der Waals surface area contributed by atoms with E-state index in [0.717, 1.165) is 33.6 Å². The summed E-state index contributed by atoms with van der Waals surface area (Å²) in [7, 11) is 0. The summed E-state index contributed by atoms with van der Waals surface area (Å²) in [5.74, 6) is 0.714. The molecule has 0 aliphatic rings. The van der Waals surface area contributed by atoms with Crippen molar-refractivity contribution >= 4 is 53.9 Å². The lowest BCUT2D eigenvalue weighted by Gasteiger charge is -2.17. The van der Waals surface area contributed by atoms with Crippen molar-refractivity contribution in [3.8, 4) is 56.2 Å². The predicted molar refractivity (Wildman–Crippen MR) is 237 cm³/mol. The Labute approximate surface area is 325 Å². The maximum absolute atomic E-state index is 5.12. The van der Waals surface area contributed by atoms with Gasteiger partial charge >= 0.3 is 0 Å². The second-order valence-corrected chi connectivity index (χ2v) is 14.5. The van der Waals surface area contributed by atoms with E-state index in [9.17, 15) is 0 Å². The minimum atomic E-state index is 0.714. The molecule has 0 saturated carbocycles. The van der Waals surface area contributed by atoms with Crippen LogP contribution in [0.4, 0.5) is 0 Å². The van der Waals surface area contributed by atoms with E-state index in [4.69, 9.17) is 9.97 Å². The normalized spacial score (nSPS) is 11.6. The molecule has 11 aromatic rings. The van der Waals surface area contributed by atoms with Gasteiger partial charge in [-0.05, 0) is 94.3 Å². The summed E-state index contributed by atoms with van der Waals surface area (Å²) in [5, 5.41) is 12.5. The fourth-order valence-corrected chi connectivity index (χ4v) is 8.51. The van der Waals surface area contributed by atoms with Crippen LogP contribution in [0.15, 0.2) is 206 Å². The Bertz CT molecular complexity index is 3290. The van der Waals surface area contributed by atoms with Crippen molar-refractivity contribution in [2.24, 2.45) is 0 Å². The quantitative estimate of drug-likeness (QED) is 0.131. The van der Waals surface area contributed by atoms with Crippen molar-refractivity contribution in [1.29, 1.82) is 0 Å². The summed E-state index contributed by atoms with van der Waals surface area (Å²) in [4.78, 5) is 10.2. The third kappa shape index (κ3) is 5.42. The second kappa shape index (κ2) is 13.2. The molecule has 260 valence electrons. The van der Waals surface area contributed by atoms with Gasteiger partial charge in [-0.2, -0.15) is 0 Å². The maximum Gasteiger partial charge on any atom is 0.160 e. The lowest BCUT2D eigenvalue weighted by molar-refractivity contribution is 1.18. The van der Waals surface area contributed by atoms with Crippen LogP contribution in [0.2, 0.25) is 0 Å². The maximum atomic E-state index is 5.12. The van der Waals surface area contributed by atoms with E-state index >= 15 is 0 Å². The van der Waals surface area contributed by atoms with Gasteiger partial charge in [0.15, 0.2) is 5.82 Å². The van der Waals surface area contributed by atoms with Crippen LogP contribution in [0.3, 0.4) is 0 Å². The Balaban J connectivity index is 1.04.